The third kappa shape index (κ3) is 1.23. The van der Waals surface area contributed by atoms with Crippen LogP contribution in [0.15, 0.2) is 6.20 Å². The summed E-state index contributed by atoms with van der Waals surface area (Å²) >= 11 is 5.63. The molecule has 1 rings (SSSR count). The minimum absolute atomic E-state index is 0.451. The predicted octanol–water partition coefficient (Wildman–Crippen LogP) is 0.532. The van der Waals surface area contributed by atoms with Crippen LogP contribution in [0.4, 0.5) is 0 Å². The summed E-state index contributed by atoms with van der Waals surface area (Å²) in [4.78, 5) is 0. The SMILES string of the molecule is Cn1cc(CN)c(Cl)n1. The van der Waals surface area contributed by atoms with Gasteiger partial charge in [0.15, 0.2) is 5.15 Å². The lowest BCUT2D eigenvalue weighted by atomic mass is 10.4. The Morgan fingerprint density at radius 3 is 2.78 bits per heavy atom. The fourth-order valence-electron chi connectivity index (χ4n) is 0.647. The molecule has 2 N–H and O–H groups in total. The number of nitrogens with two attached hydrogens (primary N) is 1. The zero-order valence-electron chi connectivity index (χ0n) is 5.13. The summed E-state index contributed by atoms with van der Waals surface area (Å²) in [5, 5.41) is 4.38. The average Bonchev–Trinajstić information content (AvgIpc) is 2.10. The van der Waals surface area contributed by atoms with E-state index in [0.29, 0.717) is 11.7 Å². The lowest BCUT2D eigenvalue weighted by Crippen LogP contribution is -1.94. The molecule has 0 aliphatic heterocycles. The number of rotatable bonds is 1. The average molecular weight is 146 g/mol. The van der Waals surface area contributed by atoms with Gasteiger partial charge in [-0.2, -0.15) is 5.10 Å². The van der Waals surface area contributed by atoms with Crippen LogP contribution in [0.3, 0.4) is 0 Å². The Kier molecular flexibility index (Phi) is 1.73. The Labute approximate surface area is 58.4 Å². The zero-order chi connectivity index (χ0) is 6.85. The third-order valence-electron chi connectivity index (χ3n) is 1.07. The van der Waals surface area contributed by atoms with E-state index in [0.717, 1.165) is 5.56 Å². The highest BCUT2D eigenvalue weighted by Crippen LogP contribution is 2.10. The molecule has 0 unspecified atom stereocenters. The maximum absolute atomic E-state index is 5.63. The molecule has 50 valence electrons. The van der Waals surface area contributed by atoms with Crippen LogP contribution >= 0.6 is 11.6 Å². The van der Waals surface area contributed by atoms with Crippen LogP contribution in [-0.4, -0.2) is 9.78 Å². The van der Waals surface area contributed by atoms with Crippen molar-refractivity contribution in [3.63, 3.8) is 0 Å². The molecule has 1 aromatic rings. The molecular formula is C5H8ClN3. The van der Waals surface area contributed by atoms with Gasteiger partial charge < -0.3 is 5.73 Å². The minimum atomic E-state index is 0.451. The van der Waals surface area contributed by atoms with Crippen LogP contribution in [-0.2, 0) is 13.6 Å². The van der Waals surface area contributed by atoms with Crippen LogP contribution in [0.5, 0.6) is 0 Å². The van der Waals surface area contributed by atoms with E-state index < -0.39 is 0 Å². The van der Waals surface area contributed by atoms with Gasteiger partial charge >= 0.3 is 0 Å². The van der Waals surface area contributed by atoms with Gasteiger partial charge in [-0.3, -0.25) is 4.68 Å². The molecule has 0 spiro atoms. The first-order valence-corrected chi connectivity index (χ1v) is 3.00. The van der Waals surface area contributed by atoms with Gasteiger partial charge in [-0.15, -0.1) is 0 Å². The molecule has 0 bridgehead atoms. The van der Waals surface area contributed by atoms with E-state index in [2.05, 4.69) is 5.10 Å². The highest BCUT2D eigenvalue weighted by atomic mass is 35.5. The van der Waals surface area contributed by atoms with Crippen molar-refractivity contribution in [2.24, 2.45) is 12.8 Å². The molecule has 0 aromatic carbocycles. The van der Waals surface area contributed by atoms with E-state index in [4.69, 9.17) is 17.3 Å². The Morgan fingerprint density at radius 2 is 2.56 bits per heavy atom. The predicted molar refractivity (Wildman–Crippen MR) is 36.1 cm³/mol. The number of hydrogen-bond acceptors (Lipinski definition) is 2. The van der Waals surface area contributed by atoms with Gasteiger partial charge in [0.05, 0.1) is 0 Å². The van der Waals surface area contributed by atoms with E-state index >= 15 is 0 Å². The molecule has 0 saturated carbocycles. The van der Waals surface area contributed by atoms with Gasteiger partial charge in [-0.25, -0.2) is 0 Å². The number of aromatic nitrogens is 2. The fraction of sp³-hybridized carbons (Fsp3) is 0.400. The largest absolute Gasteiger partial charge is 0.326 e. The van der Waals surface area contributed by atoms with Crippen LogP contribution in [0.25, 0.3) is 0 Å². The van der Waals surface area contributed by atoms with E-state index in [1.807, 2.05) is 13.2 Å². The number of nitrogens with zero attached hydrogens (tertiary/aromatic N) is 2. The monoisotopic (exact) mass is 145 g/mol. The Balaban J connectivity index is 3.01. The van der Waals surface area contributed by atoms with E-state index in [-0.39, 0.29) is 0 Å². The van der Waals surface area contributed by atoms with Gasteiger partial charge in [-0.05, 0) is 0 Å². The number of aryl methyl sites for hydroxylation is 1. The molecular weight excluding hydrogens is 138 g/mol. The molecule has 0 atom stereocenters. The molecule has 1 heterocycles. The molecule has 0 amide bonds. The van der Waals surface area contributed by atoms with E-state index in [1.54, 1.807) is 4.68 Å². The molecule has 0 radical (unpaired) electrons. The first-order valence-electron chi connectivity index (χ1n) is 2.62. The third-order valence-corrected chi connectivity index (χ3v) is 1.39. The number of halogens is 1. The van der Waals surface area contributed by atoms with Crippen molar-refractivity contribution in [2.75, 3.05) is 0 Å². The summed E-state index contributed by atoms with van der Waals surface area (Å²) in [6.07, 6.45) is 1.81. The first kappa shape index (κ1) is 6.58. The van der Waals surface area contributed by atoms with Crippen molar-refractivity contribution < 1.29 is 0 Å². The quantitative estimate of drug-likeness (QED) is 0.627. The summed E-state index contributed by atoms with van der Waals surface area (Å²) in [5.41, 5.74) is 6.21. The fourth-order valence-corrected chi connectivity index (χ4v) is 0.892. The molecule has 0 fully saturated rings. The summed E-state index contributed by atoms with van der Waals surface area (Å²) < 4.78 is 1.64. The maximum Gasteiger partial charge on any atom is 0.155 e. The Bertz CT molecular complexity index is 206. The lowest BCUT2D eigenvalue weighted by molar-refractivity contribution is 0.767. The van der Waals surface area contributed by atoms with Crippen molar-refractivity contribution in [2.45, 2.75) is 6.54 Å². The summed E-state index contributed by atoms with van der Waals surface area (Å²) in [5.74, 6) is 0. The Morgan fingerprint density at radius 1 is 1.89 bits per heavy atom. The van der Waals surface area contributed by atoms with Crippen LogP contribution in [0.1, 0.15) is 5.56 Å². The summed E-state index contributed by atoms with van der Waals surface area (Å²) in [7, 11) is 1.81. The van der Waals surface area contributed by atoms with Gasteiger partial charge in [0.25, 0.3) is 0 Å². The first-order chi connectivity index (χ1) is 4.24. The minimum Gasteiger partial charge on any atom is -0.326 e. The van der Waals surface area contributed by atoms with Crippen LogP contribution in [0.2, 0.25) is 5.15 Å². The summed E-state index contributed by atoms with van der Waals surface area (Å²) in [6, 6.07) is 0. The van der Waals surface area contributed by atoms with Crippen molar-refractivity contribution in [1.29, 1.82) is 0 Å². The lowest BCUT2D eigenvalue weighted by Gasteiger charge is -1.83. The standard InChI is InChI=1S/C5H8ClN3/c1-9-3-4(2-7)5(6)8-9/h3H,2,7H2,1H3. The van der Waals surface area contributed by atoms with Crippen molar-refractivity contribution >= 4 is 11.6 Å². The van der Waals surface area contributed by atoms with Gasteiger partial charge in [-0.1, -0.05) is 11.6 Å². The van der Waals surface area contributed by atoms with Crippen LogP contribution < -0.4 is 5.73 Å². The second-order valence-corrected chi connectivity index (χ2v) is 2.18. The van der Waals surface area contributed by atoms with E-state index in [1.165, 1.54) is 0 Å². The molecule has 0 saturated heterocycles. The van der Waals surface area contributed by atoms with Gasteiger partial charge in [0.1, 0.15) is 0 Å². The Hall–Kier alpha value is -0.540. The normalized spacial score (nSPS) is 10.1. The topological polar surface area (TPSA) is 43.8 Å². The maximum atomic E-state index is 5.63. The van der Waals surface area contributed by atoms with Crippen molar-refractivity contribution in [3.8, 4) is 0 Å². The highest BCUT2D eigenvalue weighted by Gasteiger charge is 2.00. The van der Waals surface area contributed by atoms with Gasteiger partial charge in [0.2, 0.25) is 0 Å². The van der Waals surface area contributed by atoms with Crippen molar-refractivity contribution in [3.05, 3.63) is 16.9 Å². The van der Waals surface area contributed by atoms with Crippen molar-refractivity contribution in [1.82, 2.24) is 9.78 Å². The smallest absolute Gasteiger partial charge is 0.155 e. The molecule has 3 nitrogen and oxygen atoms in total. The molecule has 9 heavy (non-hydrogen) atoms. The zero-order valence-corrected chi connectivity index (χ0v) is 5.89. The number of hydrogen-bond donors (Lipinski definition) is 1. The van der Waals surface area contributed by atoms with Crippen LogP contribution in [0, 0.1) is 0 Å². The molecule has 4 heteroatoms. The van der Waals surface area contributed by atoms with E-state index in [9.17, 15) is 0 Å². The highest BCUT2D eigenvalue weighted by molar-refractivity contribution is 6.30. The summed E-state index contributed by atoms with van der Waals surface area (Å²) in [6.45, 7) is 0.451. The molecule has 0 aliphatic carbocycles. The van der Waals surface area contributed by atoms with Gasteiger partial charge in [0, 0.05) is 25.4 Å². The molecule has 0 aliphatic rings. The molecule has 1 aromatic heterocycles. The second kappa shape index (κ2) is 2.37. The second-order valence-electron chi connectivity index (χ2n) is 1.82.